The van der Waals surface area contributed by atoms with Crippen molar-refractivity contribution < 1.29 is 22.7 Å². The fourth-order valence-corrected chi connectivity index (χ4v) is 1.29. The number of alkyl halides is 2. The molecule has 2 N–H and O–H groups in total. The van der Waals surface area contributed by atoms with Gasteiger partial charge in [-0.15, -0.1) is 0 Å². The third-order valence-corrected chi connectivity index (χ3v) is 2.06. The maximum atomic E-state index is 12.4. The van der Waals surface area contributed by atoms with Crippen molar-refractivity contribution in [3.05, 3.63) is 61.1 Å². The summed E-state index contributed by atoms with van der Waals surface area (Å²) in [6.45, 7) is 3.53. The maximum absolute atomic E-state index is 12.4. The van der Waals surface area contributed by atoms with Crippen LogP contribution in [0, 0.1) is 0 Å². The van der Waals surface area contributed by atoms with Gasteiger partial charge in [0.2, 0.25) is 0 Å². The maximum Gasteiger partial charge on any atom is 0.387 e. The number of rotatable bonds is 6. The summed E-state index contributed by atoms with van der Waals surface area (Å²) in [5.74, 6) is -0.773. The first-order valence-electron chi connectivity index (χ1n) is 5.71. The number of carbonyl (C=O) groups excluding carboxylic acids is 1. The highest BCUT2D eigenvalue weighted by Gasteiger charge is 2.06. The molecule has 0 fully saturated rings. The highest BCUT2D eigenvalue weighted by atomic mass is 19.3. The van der Waals surface area contributed by atoms with Gasteiger partial charge in [0.15, 0.2) is 0 Å². The first kappa shape index (κ1) is 16.4. The van der Waals surface area contributed by atoms with E-state index in [0.717, 1.165) is 6.08 Å². The minimum Gasteiger partial charge on any atom is -0.435 e. The molecule has 1 aromatic carbocycles. The Morgan fingerprint density at radius 3 is 2.62 bits per heavy atom. The number of anilines is 1. The monoisotopic (exact) mass is 298 g/mol. The molecule has 21 heavy (non-hydrogen) atoms. The molecular weight excluding hydrogens is 285 g/mol. The highest BCUT2D eigenvalue weighted by Crippen LogP contribution is 2.19. The molecule has 0 aromatic heterocycles. The predicted octanol–water partition coefficient (Wildman–Crippen LogP) is 3.96. The summed E-state index contributed by atoms with van der Waals surface area (Å²) >= 11 is 0. The minimum atomic E-state index is -2.95. The number of halogens is 3. The van der Waals surface area contributed by atoms with E-state index < -0.39 is 18.5 Å². The fourth-order valence-electron chi connectivity index (χ4n) is 1.29. The van der Waals surface area contributed by atoms with Crippen molar-refractivity contribution in [2.75, 3.05) is 5.32 Å². The van der Waals surface area contributed by atoms with Crippen LogP contribution in [-0.4, -0.2) is 12.6 Å². The van der Waals surface area contributed by atoms with E-state index in [0.29, 0.717) is 0 Å². The average molecular weight is 298 g/mol. The molecule has 1 rings (SSSR count). The molecule has 0 saturated carbocycles. The number of allylic oxidation sites excluding steroid dienone is 3. The summed E-state index contributed by atoms with van der Waals surface area (Å²) in [5.41, 5.74) is 0.378. The zero-order valence-corrected chi connectivity index (χ0v) is 10.9. The number of nitrogens with one attached hydrogen (secondary N) is 2. The second kappa shape index (κ2) is 7.78. The van der Waals surface area contributed by atoms with Crippen LogP contribution in [0.1, 0.15) is 0 Å². The number of hydrogen-bond acceptors (Lipinski definition) is 2. The van der Waals surface area contributed by atoms with Gasteiger partial charge in [0.05, 0.1) is 0 Å². The van der Waals surface area contributed by atoms with Gasteiger partial charge >= 0.3 is 12.6 Å². The van der Waals surface area contributed by atoms with E-state index in [1.165, 1.54) is 30.3 Å². The third kappa shape index (κ3) is 6.86. The quantitative estimate of drug-likeness (QED) is 0.781. The van der Waals surface area contributed by atoms with Gasteiger partial charge in [-0.05, 0) is 24.3 Å². The van der Waals surface area contributed by atoms with Gasteiger partial charge in [0.25, 0.3) is 0 Å². The molecule has 1 aromatic rings. The number of urea groups is 1. The second-order valence-corrected chi connectivity index (χ2v) is 3.79. The van der Waals surface area contributed by atoms with Gasteiger partial charge in [-0.2, -0.15) is 8.78 Å². The average Bonchev–Trinajstić information content (AvgIpc) is 2.35. The van der Waals surface area contributed by atoms with Crippen LogP contribution in [-0.2, 0) is 0 Å². The molecule has 112 valence electrons. The molecule has 0 radical (unpaired) electrons. The molecule has 0 aliphatic heterocycles. The van der Waals surface area contributed by atoms with Crippen molar-refractivity contribution in [1.29, 1.82) is 0 Å². The topological polar surface area (TPSA) is 50.4 Å². The summed E-state index contributed by atoms with van der Waals surface area (Å²) < 4.78 is 40.7. The molecule has 0 aliphatic carbocycles. The Morgan fingerprint density at radius 2 is 2.00 bits per heavy atom. The fraction of sp³-hybridized carbons (Fsp3) is 0.0714. The Kier molecular flexibility index (Phi) is 6.06. The lowest BCUT2D eigenvalue weighted by molar-refractivity contribution is -0.0497. The van der Waals surface area contributed by atoms with Crippen molar-refractivity contribution in [2.45, 2.75) is 6.61 Å². The number of ether oxygens (including phenoxy) is 1. The molecule has 0 bridgehead atoms. The summed E-state index contributed by atoms with van der Waals surface area (Å²) in [4.78, 5) is 11.6. The molecule has 0 aliphatic rings. The van der Waals surface area contributed by atoms with Crippen LogP contribution >= 0.6 is 0 Å². The molecule has 0 unspecified atom stereocenters. The van der Waals surface area contributed by atoms with Gasteiger partial charge in [0, 0.05) is 17.5 Å². The molecule has 0 heterocycles. The van der Waals surface area contributed by atoms with E-state index in [9.17, 15) is 18.0 Å². The standard InChI is InChI=1S/C14H13F3N2O2/c1-9(15)6-7-10(2)18-14(20)19-11-4-3-5-12(8-11)21-13(16)17/h3-8,13H,1-2H2,(H2,18,19,20)/b7-6-. The van der Waals surface area contributed by atoms with Crippen molar-refractivity contribution in [1.82, 2.24) is 5.32 Å². The molecule has 4 nitrogen and oxygen atoms in total. The summed E-state index contributed by atoms with van der Waals surface area (Å²) in [6.07, 6.45) is 2.25. The lowest BCUT2D eigenvalue weighted by Gasteiger charge is -2.09. The Morgan fingerprint density at radius 1 is 1.29 bits per heavy atom. The van der Waals surface area contributed by atoms with E-state index in [1.807, 2.05) is 0 Å². The van der Waals surface area contributed by atoms with Gasteiger partial charge in [-0.3, -0.25) is 0 Å². The molecular formula is C14H13F3N2O2. The van der Waals surface area contributed by atoms with Crippen LogP contribution in [0.15, 0.2) is 61.1 Å². The SMILES string of the molecule is C=C(F)/C=C\C(=C)NC(=O)Nc1cccc(OC(F)F)c1. The predicted molar refractivity (Wildman–Crippen MR) is 73.8 cm³/mol. The summed E-state index contributed by atoms with van der Waals surface area (Å²) in [5, 5.41) is 4.70. The first-order chi connectivity index (χ1) is 9.86. The lowest BCUT2D eigenvalue weighted by Crippen LogP contribution is -2.27. The van der Waals surface area contributed by atoms with E-state index in [-0.39, 0.29) is 17.1 Å². The minimum absolute atomic E-state index is 0.0877. The number of benzene rings is 1. The zero-order chi connectivity index (χ0) is 15.8. The van der Waals surface area contributed by atoms with Crippen LogP contribution < -0.4 is 15.4 Å². The first-order valence-corrected chi connectivity index (χ1v) is 5.71. The Balaban J connectivity index is 2.58. The third-order valence-electron chi connectivity index (χ3n) is 2.06. The van der Waals surface area contributed by atoms with Crippen molar-refractivity contribution in [3.8, 4) is 5.75 Å². The Labute approximate surface area is 119 Å². The van der Waals surface area contributed by atoms with Crippen LogP contribution in [0.2, 0.25) is 0 Å². The smallest absolute Gasteiger partial charge is 0.387 e. The lowest BCUT2D eigenvalue weighted by atomic mass is 10.3. The summed E-state index contributed by atoms with van der Waals surface area (Å²) in [7, 11) is 0. The largest absolute Gasteiger partial charge is 0.435 e. The molecule has 0 atom stereocenters. The van der Waals surface area contributed by atoms with E-state index in [4.69, 9.17) is 0 Å². The molecule has 0 spiro atoms. The van der Waals surface area contributed by atoms with E-state index in [2.05, 4.69) is 28.5 Å². The molecule has 7 heteroatoms. The molecule has 0 saturated heterocycles. The molecule has 2 amide bonds. The summed E-state index contributed by atoms with van der Waals surface area (Å²) in [6, 6.07) is 4.82. The Bertz CT molecular complexity index is 571. The Hall–Kier alpha value is -2.70. The van der Waals surface area contributed by atoms with Crippen LogP contribution in [0.3, 0.4) is 0 Å². The van der Waals surface area contributed by atoms with Crippen LogP contribution in [0.25, 0.3) is 0 Å². The van der Waals surface area contributed by atoms with Crippen molar-refractivity contribution in [2.24, 2.45) is 0 Å². The van der Waals surface area contributed by atoms with Crippen molar-refractivity contribution in [3.63, 3.8) is 0 Å². The van der Waals surface area contributed by atoms with E-state index in [1.54, 1.807) is 0 Å². The normalized spacial score (nSPS) is 10.5. The number of carbonyl (C=O) groups is 1. The second-order valence-electron chi connectivity index (χ2n) is 3.79. The van der Waals surface area contributed by atoms with Crippen LogP contribution in [0.5, 0.6) is 5.75 Å². The van der Waals surface area contributed by atoms with Gasteiger partial charge in [-0.25, -0.2) is 9.18 Å². The highest BCUT2D eigenvalue weighted by molar-refractivity contribution is 5.90. The number of hydrogen-bond donors (Lipinski definition) is 2. The van der Waals surface area contributed by atoms with Gasteiger partial charge in [0.1, 0.15) is 11.6 Å². The van der Waals surface area contributed by atoms with Crippen molar-refractivity contribution >= 4 is 11.7 Å². The van der Waals surface area contributed by atoms with Gasteiger partial charge < -0.3 is 15.4 Å². The zero-order valence-electron chi connectivity index (χ0n) is 10.9. The van der Waals surface area contributed by atoms with Crippen LogP contribution in [0.4, 0.5) is 23.7 Å². The van der Waals surface area contributed by atoms with Gasteiger partial charge in [-0.1, -0.05) is 19.2 Å². The van der Waals surface area contributed by atoms with E-state index >= 15 is 0 Å². The number of amides is 2.